The van der Waals surface area contributed by atoms with Gasteiger partial charge in [-0.05, 0) is 32.0 Å². The topological polar surface area (TPSA) is 32.3 Å². The lowest BCUT2D eigenvalue weighted by Gasteiger charge is -2.23. The Labute approximate surface area is 118 Å². The van der Waals surface area contributed by atoms with E-state index in [1.54, 1.807) is 0 Å². The van der Waals surface area contributed by atoms with Crippen LogP contribution in [-0.4, -0.2) is 37.0 Å². The number of benzene rings is 1. The van der Waals surface area contributed by atoms with Crippen molar-refractivity contribution in [3.63, 3.8) is 0 Å². The number of carbonyl (C=O) groups is 1. The van der Waals surface area contributed by atoms with Crippen LogP contribution in [0.4, 0.5) is 8.78 Å². The van der Waals surface area contributed by atoms with Crippen molar-refractivity contribution in [2.75, 3.05) is 20.1 Å². The van der Waals surface area contributed by atoms with Gasteiger partial charge in [-0.15, -0.1) is 0 Å². The highest BCUT2D eigenvalue weighted by Crippen LogP contribution is 2.21. The SMILES string of the molecule is CN(CCNC(=O)c1cccc(F)c1F)C1CCCC1. The molecule has 1 aromatic rings. The van der Waals surface area contributed by atoms with Crippen LogP contribution in [0.1, 0.15) is 36.0 Å². The van der Waals surface area contributed by atoms with Gasteiger partial charge in [0.05, 0.1) is 5.56 Å². The van der Waals surface area contributed by atoms with Crippen molar-refractivity contribution in [3.05, 3.63) is 35.4 Å². The van der Waals surface area contributed by atoms with Crippen LogP contribution in [0.5, 0.6) is 0 Å². The maximum Gasteiger partial charge on any atom is 0.254 e. The highest BCUT2D eigenvalue weighted by molar-refractivity contribution is 5.94. The molecule has 3 nitrogen and oxygen atoms in total. The molecule has 0 heterocycles. The van der Waals surface area contributed by atoms with Gasteiger partial charge in [0, 0.05) is 19.1 Å². The van der Waals surface area contributed by atoms with E-state index >= 15 is 0 Å². The number of nitrogens with zero attached hydrogens (tertiary/aromatic N) is 1. The van der Waals surface area contributed by atoms with Crippen LogP contribution < -0.4 is 5.32 Å². The molecule has 0 bridgehead atoms. The molecule has 5 heteroatoms. The lowest BCUT2D eigenvalue weighted by Crippen LogP contribution is -2.37. The molecule has 0 atom stereocenters. The Morgan fingerprint density at radius 2 is 2.05 bits per heavy atom. The molecule has 1 amide bonds. The van der Waals surface area contributed by atoms with Crippen molar-refractivity contribution >= 4 is 5.91 Å². The zero-order valence-corrected chi connectivity index (χ0v) is 11.7. The van der Waals surface area contributed by atoms with Gasteiger partial charge < -0.3 is 10.2 Å². The fourth-order valence-corrected chi connectivity index (χ4v) is 2.65. The molecule has 110 valence electrons. The summed E-state index contributed by atoms with van der Waals surface area (Å²) in [5, 5.41) is 2.63. The summed E-state index contributed by atoms with van der Waals surface area (Å²) in [6, 6.07) is 4.20. The largest absolute Gasteiger partial charge is 0.351 e. The Balaban J connectivity index is 1.81. The number of halogens is 2. The maximum atomic E-state index is 13.4. The van der Waals surface area contributed by atoms with Crippen molar-refractivity contribution in [1.29, 1.82) is 0 Å². The van der Waals surface area contributed by atoms with Gasteiger partial charge in [0.1, 0.15) is 0 Å². The highest BCUT2D eigenvalue weighted by Gasteiger charge is 2.19. The monoisotopic (exact) mass is 282 g/mol. The van der Waals surface area contributed by atoms with E-state index in [1.165, 1.54) is 37.8 Å². The average molecular weight is 282 g/mol. The predicted octanol–water partition coefficient (Wildman–Crippen LogP) is 2.57. The third-order valence-corrected chi connectivity index (χ3v) is 3.89. The summed E-state index contributed by atoms with van der Waals surface area (Å²) in [5.74, 6) is -2.66. The predicted molar refractivity (Wildman–Crippen MR) is 73.6 cm³/mol. The molecule has 1 fully saturated rings. The second-order valence-corrected chi connectivity index (χ2v) is 5.28. The van der Waals surface area contributed by atoms with E-state index in [-0.39, 0.29) is 5.56 Å². The molecule has 0 unspecified atom stereocenters. The molecule has 1 aromatic carbocycles. The molecule has 1 aliphatic rings. The minimum Gasteiger partial charge on any atom is -0.351 e. The minimum absolute atomic E-state index is 0.242. The van der Waals surface area contributed by atoms with E-state index in [9.17, 15) is 13.6 Å². The summed E-state index contributed by atoms with van der Waals surface area (Å²) in [4.78, 5) is 14.0. The van der Waals surface area contributed by atoms with E-state index < -0.39 is 17.5 Å². The Bertz CT molecular complexity index is 473. The van der Waals surface area contributed by atoms with Gasteiger partial charge in [-0.25, -0.2) is 8.78 Å². The standard InChI is InChI=1S/C15H20F2N2O/c1-19(11-5-2-3-6-11)10-9-18-15(20)12-7-4-8-13(16)14(12)17/h4,7-8,11H,2-3,5-6,9-10H2,1H3,(H,18,20). The zero-order valence-electron chi connectivity index (χ0n) is 11.7. The number of rotatable bonds is 5. The smallest absolute Gasteiger partial charge is 0.254 e. The normalized spacial score (nSPS) is 15.8. The highest BCUT2D eigenvalue weighted by atomic mass is 19.2. The van der Waals surface area contributed by atoms with Crippen LogP contribution >= 0.6 is 0 Å². The minimum atomic E-state index is -1.09. The lowest BCUT2D eigenvalue weighted by atomic mass is 10.2. The second-order valence-electron chi connectivity index (χ2n) is 5.28. The first kappa shape index (κ1) is 14.9. The molecule has 0 saturated heterocycles. The van der Waals surface area contributed by atoms with E-state index in [4.69, 9.17) is 0 Å². The fraction of sp³-hybridized carbons (Fsp3) is 0.533. The third kappa shape index (κ3) is 3.54. The van der Waals surface area contributed by atoms with Crippen molar-refractivity contribution in [2.45, 2.75) is 31.7 Å². The Hall–Kier alpha value is -1.49. The molecule has 0 aliphatic heterocycles. The number of hydrogen-bond acceptors (Lipinski definition) is 2. The van der Waals surface area contributed by atoms with E-state index in [0.29, 0.717) is 19.1 Å². The molecule has 1 saturated carbocycles. The van der Waals surface area contributed by atoms with Crippen LogP contribution in [0.2, 0.25) is 0 Å². The van der Waals surface area contributed by atoms with Crippen molar-refractivity contribution in [2.24, 2.45) is 0 Å². The molecule has 1 N–H and O–H groups in total. The molecule has 0 radical (unpaired) electrons. The van der Waals surface area contributed by atoms with Crippen LogP contribution in [0.15, 0.2) is 18.2 Å². The van der Waals surface area contributed by atoms with Gasteiger partial charge in [0.25, 0.3) is 5.91 Å². The van der Waals surface area contributed by atoms with Crippen LogP contribution in [0, 0.1) is 11.6 Å². The molecular formula is C15H20F2N2O. The summed E-state index contributed by atoms with van der Waals surface area (Å²) in [6.45, 7) is 1.15. The molecule has 0 aromatic heterocycles. The Morgan fingerprint density at radius 1 is 1.35 bits per heavy atom. The Morgan fingerprint density at radius 3 is 2.75 bits per heavy atom. The van der Waals surface area contributed by atoms with Gasteiger partial charge >= 0.3 is 0 Å². The number of carbonyl (C=O) groups excluding carboxylic acids is 1. The lowest BCUT2D eigenvalue weighted by molar-refractivity contribution is 0.0942. The molecule has 1 aliphatic carbocycles. The van der Waals surface area contributed by atoms with Gasteiger partial charge in [0.2, 0.25) is 0 Å². The van der Waals surface area contributed by atoms with Crippen molar-refractivity contribution in [1.82, 2.24) is 10.2 Å². The first-order chi connectivity index (χ1) is 9.59. The summed E-state index contributed by atoms with van der Waals surface area (Å²) < 4.78 is 26.5. The van der Waals surface area contributed by atoms with Crippen LogP contribution in [-0.2, 0) is 0 Å². The van der Waals surface area contributed by atoms with Gasteiger partial charge in [-0.2, -0.15) is 0 Å². The zero-order chi connectivity index (χ0) is 14.5. The molecule has 20 heavy (non-hydrogen) atoms. The van der Waals surface area contributed by atoms with Gasteiger partial charge in [0.15, 0.2) is 11.6 Å². The first-order valence-corrected chi connectivity index (χ1v) is 7.02. The van der Waals surface area contributed by atoms with Gasteiger partial charge in [-0.3, -0.25) is 4.79 Å². The number of amides is 1. The van der Waals surface area contributed by atoms with Gasteiger partial charge in [-0.1, -0.05) is 18.9 Å². The summed E-state index contributed by atoms with van der Waals surface area (Å²) in [5.41, 5.74) is -0.242. The Kier molecular flexibility index (Phi) is 5.06. The molecular weight excluding hydrogens is 262 g/mol. The summed E-state index contributed by atoms with van der Waals surface area (Å²) in [7, 11) is 2.03. The molecule has 0 spiro atoms. The molecule has 2 rings (SSSR count). The van der Waals surface area contributed by atoms with E-state index in [0.717, 1.165) is 6.07 Å². The number of likely N-dealkylation sites (N-methyl/N-ethyl adjacent to an activating group) is 1. The first-order valence-electron chi connectivity index (χ1n) is 7.02. The van der Waals surface area contributed by atoms with Crippen LogP contribution in [0.3, 0.4) is 0 Å². The van der Waals surface area contributed by atoms with E-state index in [2.05, 4.69) is 10.2 Å². The van der Waals surface area contributed by atoms with Crippen molar-refractivity contribution in [3.8, 4) is 0 Å². The van der Waals surface area contributed by atoms with Crippen LogP contribution in [0.25, 0.3) is 0 Å². The average Bonchev–Trinajstić information content (AvgIpc) is 2.95. The quantitative estimate of drug-likeness (QED) is 0.900. The number of hydrogen-bond donors (Lipinski definition) is 1. The summed E-state index contributed by atoms with van der Waals surface area (Å²) in [6.07, 6.45) is 4.91. The number of nitrogens with one attached hydrogen (secondary N) is 1. The maximum absolute atomic E-state index is 13.4. The summed E-state index contributed by atoms with van der Waals surface area (Å²) >= 11 is 0. The fourth-order valence-electron chi connectivity index (χ4n) is 2.65. The van der Waals surface area contributed by atoms with Crippen molar-refractivity contribution < 1.29 is 13.6 Å². The third-order valence-electron chi connectivity index (χ3n) is 3.89. The van der Waals surface area contributed by atoms with E-state index in [1.807, 2.05) is 7.05 Å². The second kappa shape index (κ2) is 6.79.